The Balaban J connectivity index is 2.82. The molecule has 15 heavy (non-hydrogen) atoms. The molecule has 5 nitrogen and oxygen atoms in total. The maximum atomic E-state index is 11.1. The molecule has 1 amide bonds. The Hall–Kier alpha value is -1.49. The number of anilines is 2. The number of nitrogen functional groups attached to an aromatic ring is 1. The van der Waals surface area contributed by atoms with E-state index in [0.29, 0.717) is 16.5 Å². The van der Waals surface area contributed by atoms with Crippen LogP contribution < -0.4 is 16.0 Å². The number of pyridine rings is 1. The van der Waals surface area contributed by atoms with Crippen molar-refractivity contribution in [3.63, 3.8) is 0 Å². The fourth-order valence-electron chi connectivity index (χ4n) is 1.10. The molecule has 0 atom stereocenters. The first-order chi connectivity index (χ1) is 7.04. The standard InChI is InChI=1S/C9H13ClN4O/c1-12-8(15)5-14(2)9-7(10)3-6(11)4-13-9/h3-4H,5,11H2,1-2H3,(H,12,15). The first-order valence-corrected chi connectivity index (χ1v) is 4.75. The lowest BCUT2D eigenvalue weighted by molar-refractivity contribution is -0.119. The number of aromatic nitrogens is 1. The van der Waals surface area contributed by atoms with Crippen molar-refractivity contribution >= 4 is 29.0 Å². The number of likely N-dealkylation sites (N-methyl/N-ethyl adjacent to an activating group) is 2. The lowest BCUT2D eigenvalue weighted by Gasteiger charge is -2.18. The highest BCUT2D eigenvalue weighted by Gasteiger charge is 2.10. The highest BCUT2D eigenvalue weighted by atomic mass is 35.5. The monoisotopic (exact) mass is 228 g/mol. The van der Waals surface area contributed by atoms with Crippen molar-refractivity contribution in [1.29, 1.82) is 0 Å². The van der Waals surface area contributed by atoms with Crippen molar-refractivity contribution < 1.29 is 4.79 Å². The second-order valence-electron chi connectivity index (χ2n) is 3.10. The zero-order chi connectivity index (χ0) is 11.4. The van der Waals surface area contributed by atoms with E-state index in [1.807, 2.05) is 0 Å². The summed E-state index contributed by atoms with van der Waals surface area (Å²) in [6.07, 6.45) is 1.50. The summed E-state index contributed by atoms with van der Waals surface area (Å²) in [5, 5.41) is 2.95. The maximum Gasteiger partial charge on any atom is 0.239 e. The number of amides is 1. The minimum absolute atomic E-state index is 0.104. The minimum Gasteiger partial charge on any atom is -0.397 e. The SMILES string of the molecule is CNC(=O)CN(C)c1ncc(N)cc1Cl. The predicted octanol–water partition coefficient (Wildman–Crippen LogP) is 0.499. The summed E-state index contributed by atoms with van der Waals surface area (Å²) in [5.41, 5.74) is 6.01. The number of nitrogens with zero attached hydrogens (tertiary/aromatic N) is 2. The van der Waals surface area contributed by atoms with Gasteiger partial charge >= 0.3 is 0 Å². The molecule has 6 heteroatoms. The van der Waals surface area contributed by atoms with Gasteiger partial charge in [0, 0.05) is 14.1 Å². The number of hydrogen-bond donors (Lipinski definition) is 2. The molecule has 0 aromatic carbocycles. The van der Waals surface area contributed by atoms with Crippen molar-refractivity contribution in [3.05, 3.63) is 17.3 Å². The summed E-state index contributed by atoms with van der Waals surface area (Å²) in [7, 11) is 3.31. The predicted molar refractivity (Wildman–Crippen MR) is 61.0 cm³/mol. The van der Waals surface area contributed by atoms with Crippen molar-refractivity contribution in [2.45, 2.75) is 0 Å². The molecule has 0 aliphatic rings. The van der Waals surface area contributed by atoms with Crippen LogP contribution in [0.5, 0.6) is 0 Å². The number of carbonyl (C=O) groups is 1. The van der Waals surface area contributed by atoms with Gasteiger partial charge in [0.1, 0.15) is 5.82 Å². The number of hydrogen-bond acceptors (Lipinski definition) is 4. The summed E-state index contributed by atoms with van der Waals surface area (Å²) < 4.78 is 0. The molecular weight excluding hydrogens is 216 g/mol. The highest BCUT2D eigenvalue weighted by Crippen LogP contribution is 2.23. The molecule has 0 aliphatic heterocycles. The van der Waals surface area contributed by atoms with Gasteiger partial charge in [-0.15, -0.1) is 0 Å². The Labute approximate surface area is 93.2 Å². The molecule has 1 aromatic heterocycles. The number of carbonyl (C=O) groups excluding carboxylic acids is 1. The Morgan fingerprint density at radius 2 is 2.40 bits per heavy atom. The molecule has 1 aromatic rings. The Morgan fingerprint density at radius 1 is 1.73 bits per heavy atom. The molecule has 1 rings (SSSR count). The lowest BCUT2D eigenvalue weighted by Crippen LogP contribution is -2.33. The third-order valence-corrected chi connectivity index (χ3v) is 2.14. The van der Waals surface area contributed by atoms with Gasteiger partial charge < -0.3 is 16.0 Å². The van der Waals surface area contributed by atoms with E-state index in [0.717, 1.165) is 0 Å². The normalized spacial score (nSPS) is 9.80. The zero-order valence-electron chi connectivity index (χ0n) is 8.62. The van der Waals surface area contributed by atoms with Gasteiger partial charge in [0.2, 0.25) is 5.91 Å². The molecule has 0 bridgehead atoms. The molecule has 0 spiro atoms. The van der Waals surface area contributed by atoms with E-state index in [2.05, 4.69) is 10.3 Å². The number of nitrogens with two attached hydrogens (primary N) is 1. The molecular formula is C9H13ClN4O. The number of halogens is 1. The summed E-state index contributed by atoms with van der Waals surface area (Å²) in [4.78, 5) is 16.8. The fourth-order valence-corrected chi connectivity index (χ4v) is 1.41. The second-order valence-corrected chi connectivity index (χ2v) is 3.51. The van der Waals surface area contributed by atoms with Gasteiger partial charge in [0.25, 0.3) is 0 Å². The summed E-state index contributed by atoms with van der Waals surface area (Å²) in [6, 6.07) is 1.60. The third-order valence-electron chi connectivity index (χ3n) is 1.86. The Morgan fingerprint density at radius 3 is 2.93 bits per heavy atom. The van der Waals surface area contributed by atoms with E-state index in [9.17, 15) is 4.79 Å². The Kier molecular flexibility index (Phi) is 3.74. The first kappa shape index (κ1) is 11.6. The molecule has 82 valence electrons. The van der Waals surface area contributed by atoms with Crippen LogP contribution in [-0.2, 0) is 4.79 Å². The van der Waals surface area contributed by atoms with Crippen molar-refractivity contribution in [2.24, 2.45) is 0 Å². The fraction of sp³-hybridized carbons (Fsp3) is 0.333. The molecule has 0 aliphatic carbocycles. The molecule has 0 saturated heterocycles. The topological polar surface area (TPSA) is 71.2 Å². The molecule has 0 saturated carbocycles. The molecule has 1 heterocycles. The van der Waals surface area contributed by atoms with Crippen molar-refractivity contribution in [3.8, 4) is 0 Å². The van der Waals surface area contributed by atoms with E-state index in [4.69, 9.17) is 17.3 Å². The van der Waals surface area contributed by atoms with Crippen LogP contribution in [0, 0.1) is 0 Å². The van der Waals surface area contributed by atoms with Crippen molar-refractivity contribution in [1.82, 2.24) is 10.3 Å². The van der Waals surface area contributed by atoms with E-state index in [-0.39, 0.29) is 12.5 Å². The smallest absolute Gasteiger partial charge is 0.239 e. The summed E-state index contributed by atoms with van der Waals surface area (Å²) in [5.74, 6) is 0.432. The summed E-state index contributed by atoms with van der Waals surface area (Å²) >= 11 is 5.94. The van der Waals surface area contributed by atoms with Crippen LogP contribution in [0.2, 0.25) is 5.02 Å². The Bertz CT molecular complexity index is 369. The van der Waals surface area contributed by atoms with Crippen LogP contribution in [0.3, 0.4) is 0 Å². The van der Waals surface area contributed by atoms with Gasteiger partial charge in [0.15, 0.2) is 0 Å². The number of rotatable bonds is 3. The van der Waals surface area contributed by atoms with Gasteiger partial charge in [-0.25, -0.2) is 4.98 Å². The van der Waals surface area contributed by atoms with Crippen LogP contribution in [0.25, 0.3) is 0 Å². The largest absolute Gasteiger partial charge is 0.397 e. The summed E-state index contributed by atoms with van der Waals surface area (Å²) in [6.45, 7) is 0.202. The highest BCUT2D eigenvalue weighted by molar-refractivity contribution is 6.33. The second kappa shape index (κ2) is 4.84. The first-order valence-electron chi connectivity index (χ1n) is 4.37. The lowest BCUT2D eigenvalue weighted by atomic mass is 10.4. The number of nitrogens with one attached hydrogen (secondary N) is 1. The van der Waals surface area contributed by atoms with Crippen LogP contribution >= 0.6 is 11.6 Å². The quantitative estimate of drug-likeness (QED) is 0.791. The molecule has 3 N–H and O–H groups in total. The molecule has 0 fully saturated rings. The molecule has 0 unspecified atom stereocenters. The van der Waals surface area contributed by atoms with Crippen LogP contribution in [-0.4, -0.2) is 31.5 Å². The van der Waals surface area contributed by atoms with Gasteiger partial charge in [-0.2, -0.15) is 0 Å². The van der Waals surface area contributed by atoms with E-state index >= 15 is 0 Å². The molecule has 0 radical (unpaired) electrons. The van der Waals surface area contributed by atoms with Gasteiger partial charge in [-0.05, 0) is 6.07 Å². The van der Waals surface area contributed by atoms with Gasteiger partial charge in [0.05, 0.1) is 23.5 Å². The average Bonchev–Trinajstić information content (AvgIpc) is 2.17. The maximum absolute atomic E-state index is 11.1. The van der Waals surface area contributed by atoms with Crippen LogP contribution in [0.1, 0.15) is 0 Å². The van der Waals surface area contributed by atoms with Crippen LogP contribution in [0.4, 0.5) is 11.5 Å². The average molecular weight is 229 g/mol. The van der Waals surface area contributed by atoms with E-state index in [1.165, 1.54) is 6.20 Å². The van der Waals surface area contributed by atoms with Crippen molar-refractivity contribution in [2.75, 3.05) is 31.3 Å². The van der Waals surface area contributed by atoms with Gasteiger partial charge in [-0.1, -0.05) is 11.6 Å². The zero-order valence-corrected chi connectivity index (χ0v) is 9.38. The van der Waals surface area contributed by atoms with E-state index in [1.54, 1.807) is 25.1 Å². The van der Waals surface area contributed by atoms with Crippen LogP contribution in [0.15, 0.2) is 12.3 Å². The van der Waals surface area contributed by atoms with Gasteiger partial charge in [-0.3, -0.25) is 4.79 Å². The third kappa shape index (κ3) is 2.99. The van der Waals surface area contributed by atoms with E-state index < -0.39 is 0 Å². The minimum atomic E-state index is -0.104.